The summed E-state index contributed by atoms with van der Waals surface area (Å²) in [6.07, 6.45) is 1.65. The molecule has 1 heterocycles. The van der Waals surface area contributed by atoms with Gasteiger partial charge in [-0.05, 0) is 31.0 Å². The molecule has 0 aromatic heterocycles. The molecule has 2 aromatic rings. The minimum absolute atomic E-state index is 0.0820. The number of rotatable bonds is 6. The van der Waals surface area contributed by atoms with Gasteiger partial charge in [-0.15, -0.1) is 0 Å². The molecule has 0 spiro atoms. The van der Waals surface area contributed by atoms with E-state index in [-0.39, 0.29) is 11.6 Å². The fraction of sp³-hybridized carbons (Fsp3) is 0.368. The summed E-state index contributed by atoms with van der Waals surface area (Å²) in [6, 6.07) is 12.6. The Hall–Kier alpha value is -1.83. The first-order valence-electron chi connectivity index (χ1n) is 8.47. The molecule has 140 valence electrons. The summed E-state index contributed by atoms with van der Waals surface area (Å²) in [5.41, 5.74) is 0.748. The zero-order chi connectivity index (χ0) is 18.7. The third kappa shape index (κ3) is 4.28. The molecule has 3 rings (SSSR count). The van der Waals surface area contributed by atoms with Crippen LogP contribution < -0.4 is 5.32 Å². The van der Waals surface area contributed by atoms with E-state index in [0.29, 0.717) is 12.0 Å². The van der Waals surface area contributed by atoms with E-state index < -0.39 is 33.8 Å². The minimum Gasteiger partial charge on any atom is -0.311 e. The molecule has 26 heavy (non-hydrogen) atoms. The van der Waals surface area contributed by atoms with Crippen molar-refractivity contribution in [2.24, 2.45) is 0 Å². The molecule has 0 bridgehead atoms. The van der Waals surface area contributed by atoms with Crippen LogP contribution in [-0.4, -0.2) is 33.4 Å². The molecule has 1 N–H and O–H groups in total. The van der Waals surface area contributed by atoms with E-state index in [1.165, 1.54) is 12.1 Å². The Morgan fingerprint density at radius 2 is 1.85 bits per heavy atom. The van der Waals surface area contributed by atoms with Gasteiger partial charge in [0.2, 0.25) is 0 Å². The summed E-state index contributed by atoms with van der Waals surface area (Å²) in [5, 5.41) is 3.23. The van der Waals surface area contributed by atoms with Gasteiger partial charge in [0.05, 0.1) is 6.26 Å². The van der Waals surface area contributed by atoms with Crippen molar-refractivity contribution in [1.82, 2.24) is 5.32 Å². The van der Waals surface area contributed by atoms with E-state index in [1.807, 2.05) is 6.07 Å². The SMILES string of the molecule is CS(=O)(=O)O[C@H]([C@H](c1ccccc1)c1cccc(F)c1F)[C@H]1CCCN1. The average molecular weight is 381 g/mol. The van der Waals surface area contributed by atoms with Crippen molar-refractivity contribution in [1.29, 1.82) is 0 Å². The third-order valence-corrected chi connectivity index (χ3v) is 5.16. The molecule has 0 saturated carbocycles. The van der Waals surface area contributed by atoms with Gasteiger partial charge < -0.3 is 5.32 Å². The van der Waals surface area contributed by atoms with E-state index in [1.54, 1.807) is 24.3 Å². The van der Waals surface area contributed by atoms with Crippen LogP contribution in [0.1, 0.15) is 29.9 Å². The second-order valence-electron chi connectivity index (χ2n) is 6.50. The first-order chi connectivity index (χ1) is 12.4. The Morgan fingerprint density at radius 3 is 2.46 bits per heavy atom. The summed E-state index contributed by atoms with van der Waals surface area (Å²) in [5.74, 6) is -2.72. The van der Waals surface area contributed by atoms with Gasteiger partial charge in [0, 0.05) is 17.5 Å². The van der Waals surface area contributed by atoms with Gasteiger partial charge in [0.1, 0.15) is 6.10 Å². The molecule has 1 aliphatic rings. The number of halogens is 2. The van der Waals surface area contributed by atoms with Gasteiger partial charge in [-0.3, -0.25) is 4.18 Å². The molecule has 2 aromatic carbocycles. The second kappa shape index (κ2) is 7.82. The average Bonchev–Trinajstić information content (AvgIpc) is 3.12. The van der Waals surface area contributed by atoms with Crippen molar-refractivity contribution in [3.63, 3.8) is 0 Å². The Morgan fingerprint density at radius 1 is 1.12 bits per heavy atom. The lowest BCUT2D eigenvalue weighted by atomic mass is 9.83. The Kier molecular flexibility index (Phi) is 5.70. The lowest BCUT2D eigenvalue weighted by Gasteiger charge is -2.32. The molecule has 1 fully saturated rings. The van der Waals surface area contributed by atoms with Crippen LogP contribution in [0.4, 0.5) is 8.78 Å². The number of nitrogens with one attached hydrogen (secondary N) is 1. The van der Waals surface area contributed by atoms with Crippen molar-refractivity contribution in [2.45, 2.75) is 30.9 Å². The molecule has 0 amide bonds. The van der Waals surface area contributed by atoms with Gasteiger partial charge in [-0.1, -0.05) is 42.5 Å². The molecule has 1 aliphatic heterocycles. The number of hydrogen-bond donors (Lipinski definition) is 1. The van der Waals surface area contributed by atoms with E-state index in [4.69, 9.17) is 4.18 Å². The largest absolute Gasteiger partial charge is 0.311 e. The monoisotopic (exact) mass is 381 g/mol. The third-order valence-electron chi connectivity index (χ3n) is 4.58. The maximum Gasteiger partial charge on any atom is 0.264 e. The number of hydrogen-bond acceptors (Lipinski definition) is 4. The highest BCUT2D eigenvalue weighted by Crippen LogP contribution is 2.36. The van der Waals surface area contributed by atoms with Gasteiger partial charge in [-0.25, -0.2) is 8.78 Å². The van der Waals surface area contributed by atoms with Gasteiger partial charge in [0.15, 0.2) is 11.6 Å². The highest BCUT2D eigenvalue weighted by Gasteiger charge is 2.38. The van der Waals surface area contributed by atoms with Crippen LogP contribution in [0.15, 0.2) is 48.5 Å². The topological polar surface area (TPSA) is 55.4 Å². The lowest BCUT2D eigenvalue weighted by molar-refractivity contribution is 0.151. The van der Waals surface area contributed by atoms with Crippen LogP contribution in [0, 0.1) is 11.6 Å². The summed E-state index contributed by atoms with van der Waals surface area (Å²) in [4.78, 5) is 0. The first-order valence-corrected chi connectivity index (χ1v) is 10.3. The van der Waals surface area contributed by atoms with Crippen molar-refractivity contribution >= 4 is 10.1 Å². The van der Waals surface area contributed by atoms with Crippen LogP contribution in [0.25, 0.3) is 0 Å². The predicted molar refractivity (Wildman–Crippen MR) is 95.4 cm³/mol. The molecule has 3 atom stereocenters. The summed E-state index contributed by atoms with van der Waals surface area (Å²) < 4.78 is 57.7. The van der Waals surface area contributed by atoms with Crippen LogP contribution in [0.2, 0.25) is 0 Å². The molecule has 0 aliphatic carbocycles. The van der Waals surface area contributed by atoms with E-state index >= 15 is 0 Å². The molecule has 0 unspecified atom stereocenters. The van der Waals surface area contributed by atoms with Crippen molar-refractivity contribution < 1.29 is 21.4 Å². The van der Waals surface area contributed by atoms with E-state index in [9.17, 15) is 17.2 Å². The summed E-state index contributed by atoms with van der Waals surface area (Å²) >= 11 is 0. The molecule has 7 heteroatoms. The summed E-state index contributed by atoms with van der Waals surface area (Å²) in [7, 11) is -3.80. The molecule has 4 nitrogen and oxygen atoms in total. The fourth-order valence-electron chi connectivity index (χ4n) is 3.52. The zero-order valence-electron chi connectivity index (χ0n) is 14.4. The Labute approximate surface area is 152 Å². The van der Waals surface area contributed by atoms with E-state index in [2.05, 4.69) is 5.32 Å². The fourth-order valence-corrected chi connectivity index (χ4v) is 4.16. The second-order valence-corrected chi connectivity index (χ2v) is 8.10. The van der Waals surface area contributed by atoms with Crippen molar-refractivity contribution in [3.05, 3.63) is 71.3 Å². The van der Waals surface area contributed by atoms with Gasteiger partial charge in [-0.2, -0.15) is 8.42 Å². The lowest BCUT2D eigenvalue weighted by Crippen LogP contribution is -2.42. The predicted octanol–water partition coefficient (Wildman–Crippen LogP) is 3.19. The number of benzene rings is 2. The quantitative estimate of drug-likeness (QED) is 0.781. The minimum atomic E-state index is -3.80. The van der Waals surface area contributed by atoms with Crippen molar-refractivity contribution in [2.75, 3.05) is 12.8 Å². The maximum atomic E-state index is 14.6. The van der Waals surface area contributed by atoms with Crippen molar-refractivity contribution in [3.8, 4) is 0 Å². The van der Waals surface area contributed by atoms with Gasteiger partial charge in [0.25, 0.3) is 10.1 Å². The maximum absolute atomic E-state index is 14.6. The normalized spacial score (nSPS) is 20.0. The standard InChI is InChI=1S/C19H21F2NO3S/c1-26(23,24)25-19(16-11-6-12-22-16)17(13-7-3-2-4-8-13)14-9-5-10-15(20)18(14)21/h2-5,7-10,16-17,19,22H,6,11-12H2,1H3/t16-,17-,19+/m1/s1. The summed E-state index contributed by atoms with van der Waals surface area (Å²) in [6.45, 7) is 0.724. The molecular weight excluding hydrogens is 360 g/mol. The van der Waals surface area contributed by atoms with Crippen LogP contribution >= 0.6 is 0 Å². The highest BCUT2D eigenvalue weighted by atomic mass is 32.2. The van der Waals surface area contributed by atoms with E-state index in [0.717, 1.165) is 25.3 Å². The van der Waals surface area contributed by atoms with Crippen LogP contribution in [0.3, 0.4) is 0 Å². The zero-order valence-corrected chi connectivity index (χ0v) is 15.2. The van der Waals surface area contributed by atoms with Crippen LogP contribution in [0.5, 0.6) is 0 Å². The molecule has 0 radical (unpaired) electrons. The Bertz CT molecular complexity index is 852. The van der Waals surface area contributed by atoms with Crippen LogP contribution in [-0.2, 0) is 14.3 Å². The molecular formula is C19H21F2NO3S. The first kappa shape index (κ1) is 18.9. The highest BCUT2D eigenvalue weighted by molar-refractivity contribution is 7.86. The smallest absolute Gasteiger partial charge is 0.264 e. The van der Waals surface area contributed by atoms with Gasteiger partial charge >= 0.3 is 0 Å². The molecule has 1 saturated heterocycles. The Balaban J connectivity index is 2.15.